The molecule has 0 radical (unpaired) electrons. The number of nitrogens with one attached hydrogen (secondary N) is 1. The van der Waals surface area contributed by atoms with Crippen molar-refractivity contribution < 1.29 is 9.18 Å². The second kappa shape index (κ2) is 6.53. The third-order valence-corrected chi connectivity index (χ3v) is 3.52. The predicted octanol–water partition coefficient (Wildman–Crippen LogP) is 2.58. The van der Waals surface area contributed by atoms with Gasteiger partial charge in [0, 0.05) is 18.1 Å². The number of rotatable bonds is 4. The Balaban J connectivity index is 1.93. The van der Waals surface area contributed by atoms with Crippen LogP contribution < -0.4 is 11.1 Å². The Morgan fingerprint density at radius 1 is 1.40 bits per heavy atom. The number of halogens is 2. The smallest absolute Gasteiger partial charge is 0.234 e. The number of benzene rings is 1. The molecule has 0 atom stereocenters. The Bertz CT molecular complexity index is 641. The topological polar surface area (TPSA) is 80.9 Å². The quantitative estimate of drug-likeness (QED) is 0.848. The highest BCUT2D eigenvalue weighted by Crippen LogP contribution is 2.21. The van der Waals surface area contributed by atoms with Crippen LogP contribution in [0.25, 0.3) is 0 Å². The minimum absolute atomic E-state index is 0.0476. The number of carbonyl (C=O) groups is 1. The SMILES string of the molecule is Nc1nccnc1SCC(=O)Nc1ccc(F)c(Cl)c1. The predicted molar refractivity (Wildman–Crippen MR) is 77.2 cm³/mol. The van der Waals surface area contributed by atoms with Gasteiger partial charge in [0.2, 0.25) is 5.91 Å². The van der Waals surface area contributed by atoms with Gasteiger partial charge in [0.05, 0.1) is 10.8 Å². The Kier molecular flexibility index (Phi) is 4.75. The molecule has 0 bridgehead atoms. The van der Waals surface area contributed by atoms with Crippen LogP contribution in [0.2, 0.25) is 5.02 Å². The van der Waals surface area contributed by atoms with Gasteiger partial charge in [-0.1, -0.05) is 23.4 Å². The van der Waals surface area contributed by atoms with E-state index in [1.165, 1.54) is 30.6 Å². The van der Waals surface area contributed by atoms with Crippen LogP contribution in [0.1, 0.15) is 0 Å². The maximum Gasteiger partial charge on any atom is 0.234 e. The molecular formula is C12H10ClFN4OS. The maximum atomic E-state index is 13.0. The monoisotopic (exact) mass is 312 g/mol. The van der Waals surface area contributed by atoms with E-state index in [1.54, 1.807) is 0 Å². The van der Waals surface area contributed by atoms with E-state index < -0.39 is 5.82 Å². The number of hydrogen-bond acceptors (Lipinski definition) is 5. The summed E-state index contributed by atoms with van der Waals surface area (Å²) in [4.78, 5) is 19.6. The molecule has 1 amide bonds. The van der Waals surface area contributed by atoms with Crippen LogP contribution in [0.3, 0.4) is 0 Å². The maximum absolute atomic E-state index is 13.0. The van der Waals surface area contributed by atoms with E-state index in [-0.39, 0.29) is 22.5 Å². The van der Waals surface area contributed by atoms with Crippen molar-refractivity contribution in [2.24, 2.45) is 0 Å². The highest BCUT2D eigenvalue weighted by Gasteiger charge is 2.08. The lowest BCUT2D eigenvalue weighted by atomic mass is 10.3. The first kappa shape index (κ1) is 14.5. The van der Waals surface area contributed by atoms with Crippen molar-refractivity contribution >= 4 is 40.8 Å². The molecule has 0 spiro atoms. The van der Waals surface area contributed by atoms with Gasteiger partial charge in [-0.25, -0.2) is 14.4 Å². The van der Waals surface area contributed by atoms with Crippen LogP contribution in [-0.4, -0.2) is 21.6 Å². The molecule has 3 N–H and O–H groups in total. The average molecular weight is 313 g/mol. The van der Waals surface area contributed by atoms with Gasteiger partial charge >= 0.3 is 0 Å². The first-order valence-electron chi connectivity index (χ1n) is 5.50. The van der Waals surface area contributed by atoms with E-state index in [4.69, 9.17) is 17.3 Å². The molecule has 0 aliphatic rings. The van der Waals surface area contributed by atoms with E-state index in [2.05, 4.69) is 15.3 Å². The fraction of sp³-hybridized carbons (Fsp3) is 0.0833. The van der Waals surface area contributed by atoms with Crippen LogP contribution in [0.4, 0.5) is 15.9 Å². The van der Waals surface area contributed by atoms with Gasteiger partial charge in [0.25, 0.3) is 0 Å². The minimum atomic E-state index is -0.536. The van der Waals surface area contributed by atoms with Crippen molar-refractivity contribution in [1.29, 1.82) is 0 Å². The first-order valence-corrected chi connectivity index (χ1v) is 6.87. The van der Waals surface area contributed by atoms with Crippen molar-refractivity contribution in [1.82, 2.24) is 9.97 Å². The van der Waals surface area contributed by atoms with Crippen molar-refractivity contribution in [3.63, 3.8) is 0 Å². The normalized spacial score (nSPS) is 10.3. The third-order valence-electron chi connectivity index (χ3n) is 2.23. The minimum Gasteiger partial charge on any atom is -0.381 e. The number of hydrogen-bond donors (Lipinski definition) is 2. The molecule has 0 aliphatic heterocycles. The molecule has 0 fully saturated rings. The zero-order valence-electron chi connectivity index (χ0n) is 10.1. The Labute approximate surface area is 123 Å². The average Bonchev–Trinajstić information content (AvgIpc) is 2.42. The van der Waals surface area contributed by atoms with Crippen molar-refractivity contribution in [3.05, 3.63) is 41.4 Å². The molecule has 2 aromatic rings. The second-order valence-corrected chi connectivity index (χ2v) is 5.08. The van der Waals surface area contributed by atoms with Gasteiger partial charge in [0.15, 0.2) is 5.82 Å². The number of carbonyl (C=O) groups excluding carboxylic acids is 1. The van der Waals surface area contributed by atoms with Gasteiger partial charge in [-0.2, -0.15) is 0 Å². The molecule has 20 heavy (non-hydrogen) atoms. The summed E-state index contributed by atoms with van der Waals surface area (Å²) in [7, 11) is 0. The molecule has 0 saturated heterocycles. The van der Waals surface area contributed by atoms with Gasteiger partial charge in [-0.05, 0) is 18.2 Å². The van der Waals surface area contributed by atoms with Crippen LogP contribution >= 0.6 is 23.4 Å². The summed E-state index contributed by atoms with van der Waals surface area (Å²) >= 11 is 6.79. The standard InChI is InChI=1S/C12H10ClFN4OS/c13-8-5-7(1-2-9(8)14)18-10(19)6-20-12-11(15)16-3-4-17-12/h1-5H,6H2,(H2,15,16)(H,18,19). The van der Waals surface area contributed by atoms with Crippen molar-refractivity contribution in [2.75, 3.05) is 16.8 Å². The zero-order chi connectivity index (χ0) is 14.5. The fourth-order valence-electron chi connectivity index (χ4n) is 1.35. The number of nitrogens with zero attached hydrogens (tertiary/aromatic N) is 2. The molecule has 1 heterocycles. The largest absolute Gasteiger partial charge is 0.381 e. The van der Waals surface area contributed by atoms with Crippen LogP contribution in [0.15, 0.2) is 35.6 Å². The number of anilines is 2. The summed E-state index contributed by atoms with van der Waals surface area (Å²) in [6.07, 6.45) is 2.97. The number of amides is 1. The number of nitrogens with two attached hydrogens (primary N) is 1. The van der Waals surface area contributed by atoms with Crippen molar-refractivity contribution in [3.8, 4) is 0 Å². The molecular weight excluding hydrogens is 303 g/mol. The molecule has 5 nitrogen and oxygen atoms in total. The lowest BCUT2D eigenvalue weighted by molar-refractivity contribution is -0.113. The molecule has 1 aromatic carbocycles. The summed E-state index contributed by atoms with van der Waals surface area (Å²) in [5, 5.41) is 3.04. The van der Waals surface area contributed by atoms with Crippen LogP contribution in [0, 0.1) is 5.82 Å². The van der Waals surface area contributed by atoms with Crippen molar-refractivity contribution in [2.45, 2.75) is 5.03 Å². The number of thioether (sulfide) groups is 1. The molecule has 104 valence electrons. The van der Waals surface area contributed by atoms with Gasteiger partial charge < -0.3 is 11.1 Å². The highest BCUT2D eigenvalue weighted by molar-refractivity contribution is 8.00. The van der Waals surface area contributed by atoms with E-state index in [1.807, 2.05) is 0 Å². The molecule has 0 unspecified atom stereocenters. The fourth-order valence-corrected chi connectivity index (χ4v) is 2.21. The molecule has 1 aromatic heterocycles. The number of aromatic nitrogens is 2. The van der Waals surface area contributed by atoms with E-state index in [9.17, 15) is 9.18 Å². The molecule has 0 aliphatic carbocycles. The Morgan fingerprint density at radius 2 is 2.15 bits per heavy atom. The highest BCUT2D eigenvalue weighted by atomic mass is 35.5. The van der Waals surface area contributed by atoms with Gasteiger partial charge in [0.1, 0.15) is 10.8 Å². The van der Waals surface area contributed by atoms with E-state index in [0.717, 1.165) is 11.8 Å². The van der Waals surface area contributed by atoms with Crippen LogP contribution in [-0.2, 0) is 4.79 Å². The van der Waals surface area contributed by atoms with Gasteiger partial charge in [-0.3, -0.25) is 4.79 Å². The Morgan fingerprint density at radius 3 is 2.85 bits per heavy atom. The Hall–Kier alpha value is -1.86. The molecule has 8 heteroatoms. The lowest BCUT2D eigenvalue weighted by Crippen LogP contribution is -2.14. The number of nitrogen functional groups attached to an aromatic ring is 1. The summed E-state index contributed by atoms with van der Waals surface area (Å²) < 4.78 is 13.0. The first-order chi connectivity index (χ1) is 9.56. The second-order valence-electron chi connectivity index (χ2n) is 3.71. The summed E-state index contributed by atoms with van der Waals surface area (Å²) in [6, 6.07) is 3.96. The van der Waals surface area contributed by atoms with Gasteiger partial charge in [-0.15, -0.1) is 0 Å². The van der Waals surface area contributed by atoms with E-state index >= 15 is 0 Å². The van der Waals surface area contributed by atoms with E-state index in [0.29, 0.717) is 10.7 Å². The summed E-state index contributed by atoms with van der Waals surface area (Å²) in [5.74, 6) is -0.429. The molecule has 0 saturated carbocycles. The molecule has 2 rings (SSSR count). The summed E-state index contributed by atoms with van der Waals surface area (Å²) in [6.45, 7) is 0. The zero-order valence-corrected chi connectivity index (χ0v) is 11.7. The van der Waals surface area contributed by atoms with Crippen LogP contribution in [0.5, 0.6) is 0 Å². The summed E-state index contributed by atoms with van der Waals surface area (Å²) in [5.41, 5.74) is 6.04. The lowest BCUT2D eigenvalue weighted by Gasteiger charge is -2.06. The third kappa shape index (κ3) is 3.82.